The van der Waals surface area contributed by atoms with E-state index < -0.39 is 5.97 Å². The summed E-state index contributed by atoms with van der Waals surface area (Å²) >= 11 is 0. The van der Waals surface area contributed by atoms with E-state index >= 15 is 0 Å². The first-order valence-electron chi connectivity index (χ1n) is 7.82. The van der Waals surface area contributed by atoms with E-state index in [1.54, 1.807) is 7.11 Å². The Labute approximate surface area is 126 Å². The second kappa shape index (κ2) is 8.87. The fourth-order valence-electron chi connectivity index (χ4n) is 2.96. The Morgan fingerprint density at radius 3 is 2.48 bits per heavy atom. The van der Waals surface area contributed by atoms with Crippen LogP contribution in [0.3, 0.4) is 0 Å². The lowest BCUT2D eigenvalue weighted by Gasteiger charge is -2.31. The van der Waals surface area contributed by atoms with Crippen molar-refractivity contribution in [1.82, 2.24) is 10.2 Å². The third-order valence-electron chi connectivity index (χ3n) is 4.29. The largest absolute Gasteiger partial charge is 0.481 e. The van der Waals surface area contributed by atoms with Gasteiger partial charge in [0.15, 0.2) is 0 Å². The molecule has 0 aromatic heterocycles. The van der Waals surface area contributed by atoms with Crippen LogP contribution in [0.5, 0.6) is 0 Å². The maximum atomic E-state index is 12.5. The van der Waals surface area contributed by atoms with Crippen LogP contribution in [-0.2, 0) is 9.53 Å². The van der Waals surface area contributed by atoms with Crippen molar-refractivity contribution < 1.29 is 19.4 Å². The molecule has 0 aromatic rings. The molecule has 0 radical (unpaired) electrons. The number of nitrogens with one attached hydrogen (secondary N) is 1. The van der Waals surface area contributed by atoms with Crippen LogP contribution >= 0.6 is 0 Å². The Bertz CT molecular complexity index is 345. The molecule has 0 saturated heterocycles. The van der Waals surface area contributed by atoms with Crippen molar-refractivity contribution in [3.05, 3.63) is 0 Å². The Balaban J connectivity index is 2.57. The molecule has 21 heavy (non-hydrogen) atoms. The SMILES string of the molecule is CCC(CC)N(CCOC)C(=O)NC1CCC(C(=O)O)C1. The number of hydrogen-bond donors (Lipinski definition) is 2. The molecule has 2 atom stereocenters. The summed E-state index contributed by atoms with van der Waals surface area (Å²) in [5.41, 5.74) is 0. The number of carbonyl (C=O) groups is 2. The minimum Gasteiger partial charge on any atom is -0.481 e. The molecule has 1 saturated carbocycles. The molecule has 1 aliphatic carbocycles. The van der Waals surface area contributed by atoms with Gasteiger partial charge in [-0.05, 0) is 32.1 Å². The maximum absolute atomic E-state index is 12.5. The summed E-state index contributed by atoms with van der Waals surface area (Å²) in [7, 11) is 1.62. The van der Waals surface area contributed by atoms with Crippen molar-refractivity contribution in [3.8, 4) is 0 Å². The number of nitrogens with zero attached hydrogens (tertiary/aromatic N) is 1. The fourth-order valence-corrected chi connectivity index (χ4v) is 2.96. The number of carboxylic acids is 1. The van der Waals surface area contributed by atoms with Gasteiger partial charge in [-0.25, -0.2) is 4.79 Å². The normalized spacial score (nSPS) is 21.5. The van der Waals surface area contributed by atoms with E-state index in [-0.39, 0.29) is 24.0 Å². The molecule has 1 aliphatic rings. The first kappa shape index (κ1) is 17.8. The van der Waals surface area contributed by atoms with Gasteiger partial charge in [-0.3, -0.25) is 4.79 Å². The third-order valence-corrected chi connectivity index (χ3v) is 4.29. The number of carboxylic acid groups (broad SMARTS) is 1. The van der Waals surface area contributed by atoms with Crippen molar-refractivity contribution in [3.63, 3.8) is 0 Å². The number of hydrogen-bond acceptors (Lipinski definition) is 3. The van der Waals surface area contributed by atoms with Gasteiger partial charge in [0.05, 0.1) is 12.5 Å². The molecular weight excluding hydrogens is 272 g/mol. The molecule has 2 N–H and O–H groups in total. The second-order valence-electron chi connectivity index (χ2n) is 5.65. The monoisotopic (exact) mass is 300 g/mol. The molecular formula is C15H28N2O4. The van der Waals surface area contributed by atoms with Crippen LogP contribution < -0.4 is 5.32 Å². The van der Waals surface area contributed by atoms with Crippen LogP contribution in [0.2, 0.25) is 0 Å². The summed E-state index contributed by atoms with van der Waals surface area (Å²) in [4.78, 5) is 25.2. The van der Waals surface area contributed by atoms with Crippen LogP contribution in [0, 0.1) is 5.92 Å². The summed E-state index contributed by atoms with van der Waals surface area (Å²) in [5, 5.41) is 12.0. The molecule has 0 aliphatic heterocycles. The zero-order valence-corrected chi connectivity index (χ0v) is 13.3. The van der Waals surface area contributed by atoms with E-state index in [1.807, 2.05) is 4.90 Å². The molecule has 0 spiro atoms. The smallest absolute Gasteiger partial charge is 0.317 e. The van der Waals surface area contributed by atoms with E-state index in [1.165, 1.54) is 0 Å². The highest BCUT2D eigenvalue weighted by molar-refractivity contribution is 5.75. The van der Waals surface area contributed by atoms with Crippen LogP contribution in [0.1, 0.15) is 46.0 Å². The van der Waals surface area contributed by atoms with Crippen molar-refractivity contribution >= 4 is 12.0 Å². The lowest BCUT2D eigenvalue weighted by Crippen LogP contribution is -2.49. The zero-order valence-electron chi connectivity index (χ0n) is 13.3. The number of ether oxygens (including phenoxy) is 1. The highest BCUT2D eigenvalue weighted by atomic mass is 16.5. The van der Waals surface area contributed by atoms with Gasteiger partial charge in [0.25, 0.3) is 0 Å². The van der Waals surface area contributed by atoms with Gasteiger partial charge in [0.2, 0.25) is 0 Å². The predicted octanol–water partition coefficient (Wildman–Crippen LogP) is 2.09. The number of aliphatic carboxylic acids is 1. The van der Waals surface area contributed by atoms with E-state index in [2.05, 4.69) is 19.2 Å². The molecule has 2 amide bonds. The number of rotatable bonds is 8. The van der Waals surface area contributed by atoms with Gasteiger partial charge < -0.3 is 20.1 Å². The molecule has 0 heterocycles. The highest BCUT2D eigenvalue weighted by Gasteiger charge is 2.32. The Morgan fingerprint density at radius 2 is 2.00 bits per heavy atom. The number of methoxy groups -OCH3 is 1. The molecule has 0 bridgehead atoms. The van der Waals surface area contributed by atoms with Crippen LogP contribution in [0.4, 0.5) is 4.79 Å². The summed E-state index contributed by atoms with van der Waals surface area (Å²) in [5.74, 6) is -1.08. The standard InChI is InChI=1S/C15H28N2O4/c1-4-13(5-2)17(8-9-21-3)15(20)16-12-7-6-11(10-12)14(18)19/h11-13H,4-10H2,1-3H3,(H,16,20)(H,18,19). The van der Waals surface area contributed by atoms with Gasteiger partial charge in [-0.15, -0.1) is 0 Å². The van der Waals surface area contributed by atoms with Gasteiger partial charge in [0.1, 0.15) is 0 Å². The first-order valence-corrected chi connectivity index (χ1v) is 7.82. The van der Waals surface area contributed by atoms with Crippen molar-refractivity contribution in [1.29, 1.82) is 0 Å². The highest BCUT2D eigenvalue weighted by Crippen LogP contribution is 2.26. The van der Waals surface area contributed by atoms with E-state index in [0.717, 1.165) is 19.3 Å². The third kappa shape index (κ3) is 5.19. The number of carbonyl (C=O) groups excluding carboxylic acids is 1. The number of amides is 2. The topological polar surface area (TPSA) is 78.9 Å². The zero-order chi connectivity index (χ0) is 15.8. The lowest BCUT2D eigenvalue weighted by atomic mass is 10.1. The summed E-state index contributed by atoms with van der Waals surface area (Å²) in [6, 6.07) is 0.0617. The molecule has 0 aromatic carbocycles. The summed E-state index contributed by atoms with van der Waals surface area (Å²) in [6.07, 6.45) is 3.71. The Morgan fingerprint density at radius 1 is 1.33 bits per heavy atom. The molecule has 1 rings (SSSR count). The van der Waals surface area contributed by atoms with E-state index in [9.17, 15) is 9.59 Å². The number of urea groups is 1. The maximum Gasteiger partial charge on any atom is 0.317 e. The van der Waals surface area contributed by atoms with Crippen molar-refractivity contribution in [2.75, 3.05) is 20.3 Å². The first-order chi connectivity index (χ1) is 10.0. The average Bonchev–Trinajstić information content (AvgIpc) is 2.92. The quantitative estimate of drug-likeness (QED) is 0.719. The minimum atomic E-state index is -0.761. The predicted molar refractivity (Wildman–Crippen MR) is 80.2 cm³/mol. The van der Waals surface area contributed by atoms with Gasteiger partial charge in [0, 0.05) is 25.7 Å². The molecule has 6 heteroatoms. The molecule has 1 fully saturated rings. The van der Waals surface area contributed by atoms with Crippen LogP contribution in [0.15, 0.2) is 0 Å². The van der Waals surface area contributed by atoms with Crippen LogP contribution in [0.25, 0.3) is 0 Å². The van der Waals surface area contributed by atoms with E-state index in [4.69, 9.17) is 9.84 Å². The summed E-state index contributed by atoms with van der Waals surface area (Å²) < 4.78 is 5.08. The second-order valence-corrected chi connectivity index (χ2v) is 5.65. The average molecular weight is 300 g/mol. The minimum absolute atomic E-state index is 0.0296. The van der Waals surface area contributed by atoms with Crippen molar-refractivity contribution in [2.45, 2.75) is 58.0 Å². The van der Waals surface area contributed by atoms with Crippen LogP contribution in [-0.4, -0.2) is 54.4 Å². The molecule has 122 valence electrons. The Kier molecular flexibility index (Phi) is 7.50. The lowest BCUT2D eigenvalue weighted by molar-refractivity contribution is -0.141. The fraction of sp³-hybridized carbons (Fsp3) is 0.867. The van der Waals surface area contributed by atoms with Gasteiger partial charge >= 0.3 is 12.0 Å². The van der Waals surface area contributed by atoms with Gasteiger partial charge in [-0.2, -0.15) is 0 Å². The summed E-state index contributed by atoms with van der Waals surface area (Å²) in [6.45, 7) is 5.20. The van der Waals surface area contributed by atoms with Gasteiger partial charge in [-0.1, -0.05) is 13.8 Å². The van der Waals surface area contributed by atoms with E-state index in [0.29, 0.717) is 26.0 Å². The Hall–Kier alpha value is -1.30. The van der Waals surface area contributed by atoms with Crippen molar-refractivity contribution in [2.24, 2.45) is 5.92 Å². The molecule has 6 nitrogen and oxygen atoms in total. The molecule has 2 unspecified atom stereocenters.